The van der Waals surface area contributed by atoms with Crippen molar-refractivity contribution in [3.05, 3.63) is 53.8 Å². The zero-order chi connectivity index (χ0) is 24.0. The number of hydrogen-bond donors (Lipinski definition) is 1. The Bertz CT molecular complexity index is 1100. The van der Waals surface area contributed by atoms with Gasteiger partial charge in [-0.05, 0) is 55.3 Å². The second kappa shape index (κ2) is 10.7. The summed E-state index contributed by atoms with van der Waals surface area (Å²) in [6, 6.07) is 7.88. The van der Waals surface area contributed by atoms with Crippen molar-refractivity contribution in [1.82, 2.24) is 4.31 Å². The number of carbonyl (C=O) groups excluding carboxylic acids is 2. The maximum absolute atomic E-state index is 14.3. The number of nitrogens with one attached hydrogen (secondary N) is 1. The first kappa shape index (κ1) is 24.5. The van der Waals surface area contributed by atoms with Crippen molar-refractivity contribution in [3.8, 4) is 5.75 Å². The monoisotopic (exact) mass is 486 g/mol. The fourth-order valence-corrected chi connectivity index (χ4v) is 4.81. The molecule has 3 rings (SSSR count). The molecule has 0 saturated carbocycles. The van der Waals surface area contributed by atoms with Crippen LogP contribution >= 0.6 is 0 Å². The van der Waals surface area contributed by atoms with Gasteiger partial charge < -0.3 is 14.8 Å². The molecule has 2 aromatic rings. The maximum Gasteiger partial charge on any atom is 0.387 e. The predicted molar refractivity (Wildman–Crippen MR) is 111 cm³/mol. The molecule has 0 aliphatic carbocycles. The van der Waals surface area contributed by atoms with Gasteiger partial charge in [0.05, 0.1) is 5.56 Å². The molecule has 178 valence electrons. The van der Waals surface area contributed by atoms with Gasteiger partial charge in [0.1, 0.15) is 16.5 Å². The lowest BCUT2D eigenvalue weighted by molar-refractivity contribution is -0.119. The van der Waals surface area contributed by atoms with Crippen LogP contribution in [0, 0.1) is 5.82 Å². The number of esters is 1. The van der Waals surface area contributed by atoms with Crippen LogP contribution in [0.3, 0.4) is 0 Å². The lowest BCUT2D eigenvalue weighted by Crippen LogP contribution is -2.36. The number of nitrogens with zero attached hydrogens (tertiary/aromatic N) is 1. The van der Waals surface area contributed by atoms with Crippen LogP contribution in [-0.2, 0) is 19.6 Å². The molecule has 1 aliphatic heterocycles. The molecular weight excluding hydrogens is 465 g/mol. The minimum absolute atomic E-state index is 0.0963. The zero-order valence-corrected chi connectivity index (χ0v) is 18.1. The molecule has 0 unspecified atom stereocenters. The average molecular weight is 486 g/mol. The lowest BCUT2D eigenvalue weighted by atomic mass is 10.2. The quantitative estimate of drug-likeness (QED) is 0.574. The van der Waals surface area contributed by atoms with E-state index in [0.29, 0.717) is 12.8 Å². The Labute approximate surface area is 188 Å². The van der Waals surface area contributed by atoms with Gasteiger partial charge in [-0.2, -0.15) is 13.1 Å². The SMILES string of the molecule is O=C(COC(=O)c1ccc(F)c(S(=O)(=O)N2CCCCC2)c1)Nc1ccc(OC(F)F)cc1. The summed E-state index contributed by atoms with van der Waals surface area (Å²) < 4.78 is 74.3. The Balaban J connectivity index is 1.61. The van der Waals surface area contributed by atoms with Crippen LogP contribution in [0.1, 0.15) is 29.6 Å². The standard InChI is InChI=1S/C21H21F3N2O6S/c22-17-9-4-14(12-18(17)33(29,30)26-10-2-1-3-11-26)20(28)31-13-19(27)25-15-5-7-16(8-6-15)32-21(23)24/h4-9,12,21H,1-3,10-11,13H2,(H,25,27). The van der Waals surface area contributed by atoms with Gasteiger partial charge in [-0.25, -0.2) is 17.6 Å². The normalized spacial score (nSPS) is 14.7. The molecule has 1 saturated heterocycles. The van der Waals surface area contributed by atoms with Crippen LogP contribution in [-0.4, -0.2) is 50.9 Å². The van der Waals surface area contributed by atoms with Gasteiger partial charge in [-0.3, -0.25) is 4.79 Å². The van der Waals surface area contributed by atoms with Crippen LogP contribution in [0.15, 0.2) is 47.4 Å². The van der Waals surface area contributed by atoms with Gasteiger partial charge in [-0.15, -0.1) is 0 Å². The van der Waals surface area contributed by atoms with E-state index in [1.165, 1.54) is 28.6 Å². The molecule has 0 bridgehead atoms. The lowest BCUT2D eigenvalue weighted by Gasteiger charge is -2.26. The number of rotatable bonds is 8. The third-order valence-corrected chi connectivity index (χ3v) is 6.71. The second-order valence-corrected chi connectivity index (χ2v) is 9.04. The maximum atomic E-state index is 14.3. The molecule has 0 atom stereocenters. The summed E-state index contributed by atoms with van der Waals surface area (Å²) in [5.41, 5.74) is 0.0163. The van der Waals surface area contributed by atoms with Crippen molar-refractivity contribution < 1.29 is 40.7 Å². The minimum Gasteiger partial charge on any atom is -0.452 e. The molecular formula is C21H21F3N2O6S. The van der Waals surface area contributed by atoms with Crippen molar-refractivity contribution in [1.29, 1.82) is 0 Å². The molecule has 2 aromatic carbocycles. The van der Waals surface area contributed by atoms with Crippen LogP contribution in [0.2, 0.25) is 0 Å². The first-order valence-electron chi connectivity index (χ1n) is 9.98. The summed E-state index contributed by atoms with van der Waals surface area (Å²) in [5, 5.41) is 2.40. The van der Waals surface area contributed by atoms with Gasteiger partial charge >= 0.3 is 12.6 Å². The number of halogens is 3. The predicted octanol–water partition coefficient (Wildman–Crippen LogP) is 3.40. The molecule has 1 fully saturated rings. The molecule has 8 nitrogen and oxygen atoms in total. The molecule has 33 heavy (non-hydrogen) atoms. The third-order valence-electron chi connectivity index (χ3n) is 4.80. The summed E-state index contributed by atoms with van der Waals surface area (Å²) in [7, 11) is -4.12. The molecule has 0 spiro atoms. The van der Waals surface area contributed by atoms with E-state index in [-0.39, 0.29) is 30.1 Å². The van der Waals surface area contributed by atoms with E-state index in [1.807, 2.05) is 0 Å². The fraction of sp³-hybridized carbons (Fsp3) is 0.333. The van der Waals surface area contributed by atoms with Crippen molar-refractivity contribution in [2.45, 2.75) is 30.8 Å². The second-order valence-electron chi connectivity index (χ2n) is 7.14. The number of anilines is 1. The van der Waals surface area contributed by atoms with Gasteiger partial charge in [0.2, 0.25) is 10.0 Å². The molecule has 0 aromatic heterocycles. The van der Waals surface area contributed by atoms with E-state index >= 15 is 0 Å². The number of sulfonamides is 1. The van der Waals surface area contributed by atoms with Crippen LogP contribution < -0.4 is 10.1 Å². The molecule has 0 radical (unpaired) electrons. The van der Waals surface area contributed by atoms with Gasteiger partial charge in [0.15, 0.2) is 6.61 Å². The Hall–Kier alpha value is -3.12. The largest absolute Gasteiger partial charge is 0.452 e. The van der Waals surface area contributed by atoms with Crippen molar-refractivity contribution in [3.63, 3.8) is 0 Å². The molecule has 12 heteroatoms. The number of amides is 1. The van der Waals surface area contributed by atoms with Gasteiger partial charge in [0.25, 0.3) is 5.91 Å². The summed E-state index contributed by atoms with van der Waals surface area (Å²) in [6.45, 7) is -3.15. The van der Waals surface area contributed by atoms with E-state index in [0.717, 1.165) is 24.6 Å². The first-order valence-corrected chi connectivity index (χ1v) is 11.4. The first-order chi connectivity index (χ1) is 15.7. The van der Waals surface area contributed by atoms with E-state index in [4.69, 9.17) is 4.74 Å². The molecule has 1 amide bonds. The summed E-state index contributed by atoms with van der Waals surface area (Å²) in [5.74, 6) is -2.83. The van der Waals surface area contributed by atoms with Crippen LogP contribution in [0.5, 0.6) is 5.75 Å². The number of carbonyl (C=O) groups is 2. The Kier molecular flexibility index (Phi) is 7.92. The topological polar surface area (TPSA) is 102 Å². The Morgan fingerprint density at radius 2 is 1.70 bits per heavy atom. The van der Waals surface area contributed by atoms with Crippen molar-refractivity contribution >= 4 is 27.6 Å². The van der Waals surface area contributed by atoms with Crippen molar-refractivity contribution in [2.75, 3.05) is 25.0 Å². The number of alkyl halides is 2. The third kappa shape index (κ3) is 6.45. The zero-order valence-electron chi connectivity index (χ0n) is 17.3. The summed E-state index contributed by atoms with van der Waals surface area (Å²) in [4.78, 5) is 23.7. The highest BCUT2D eigenvalue weighted by molar-refractivity contribution is 7.89. The highest BCUT2D eigenvalue weighted by Crippen LogP contribution is 2.24. The molecule has 1 N–H and O–H groups in total. The smallest absolute Gasteiger partial charge is 0.387 e. The van der Waals surface area contributed by atoms with Crippen LogP contribution in [0.25, 0.3) is 0 Å². The summed E-state index contributed by atoms with van der Waals surface area (Å²) in [6.07, 6.45) is 2.22. The highest BCUT2D eigenvalue weighted by Gasteiger charge is 2.29. The Morgan fingerprint density at radius 1 is 1.03 bits per heavy atom. The van der Waals surface area contributed by atoms with E-state index < -0.39 is 45.8 Å². The molecule has 1 aliphatic rings. The number of piperidine rings is 1. The van der Waals surface area contributed by atoms with Gasteiger partial charge in [0, 0.05) is 18.8 Å². The van der Waals surface area contributed by atoms with E-state index in [9.17, 15) is 31.2 Å². The number of ether oxygens (including phenoxy) is 2. The van der Waals surface area contributed by atoms with E-state index in [1.54, 1.807) is 0 Å². The number of hydrogen-bond acceptors (Lipinski definition) is 6. The van der Waals surface area contributed by atoms with Crippen LogP contribution in [0.4, 0.5) is 18.9 Å². The van der Waals surface area contributed by atoms with Crippen molar-refractivity contribution in [2.24, 2.45) is 0 Å². The average Bonchev–Trinajstić information content (AvgIpc) is 2.79. The highest BCUT2D eigenvalue weighted by atomic mass is 32.2. The van der Waals surface area contributed by atoms with E-state index in [2.05, 4.69) is 10.1 Å². The summed E-state index contributed by atoms with van der Waals surface area (Å²) >= 11 is 0. The number of benzene rings is 2. The minimum atomic E-state index is -4.12. The van der Waals surface area contributed by atoms with Gasteiger partial charge in [-0.1, -0.05) is 6.42 Å². The molecule has 1 heterocycles. The Morgan fingerprint density at radius 3 is 2.33 bits per heavy atom. The fourth-order valence-electron chi connectivity index (χ4n) is 3.20.